The van der Waals surface area contributed by atoms with Gasteiger partial charge in [0, 0.05) is 45.1 Å². The molecule has 0 saturated carbocycles. The Kier molecular flexibility index (Phi) is 5.98. The number of benzene rings is 1. The summed E-state index contributed by atoms with van der Waals surface area (Å²) in [5.41, 5.74) is 3.63. The lowest BCUT2D eigenvalue weighted by Gasteiger charge is -2.29. The molecule has 1 saturated heterocycles. The molecular weight excluding hydrogens is 414 g/mol. The maximum Gasteiger partial charge on any atom is 0.219 e. The van der Waals surface area contributed by atoms with Crippen molar-refractivity contribution in [2.75, 3.05) is 32.0 Å². The van der Waals surface area contributed by atoms with Crippen LogP contribution in [0.2, 0.25) is 0 Å². The van der Waals surface area contributed by atoms with Gasteiger partial charge in [-0.2, -0.15) is 4.31 Å². The second-order valence-electron chi connectivity index (χ2n) is 8.38. The van der Waals surface area contributed by atoms with Crippen LogP contribution in [0.15, 0.2) is 24.3 Å². The fourth-order valence-electron chi connectivity index (χ4n) is 4.30. The second kappa shape index (κ2) is 8.55. The number of anilines is 1. The van der Waals surface area contributed by atoms with Gasteiger partial charge in [-0.05, 0) is 25.3 Å². The van der Waals surface area contributed by atoms with Crippen LogP contribution in [0, 0.1) is 6.92 Å². The lowest BCUT2D eigenvalue weighted by atomic mass is 10.0. The summed E-state index contributed by atoms with van der Waals surface area (Å²) in [5.74, 6) is 1.56. The van der Waals surface area contributed by atoms with Crippen LogP contribution in [0.4, 0.5) is 5.82 Å². The minimum atomic E-state index is -3.46. The summed E-state index contributed by atoms with van der Waals surface area (Å²) >= 11 is 0. The Balaban J connectivity index is 1.57. The number of aromatic nitrogens is 2. The van der Waals surface area contributed by atoms with Gasteiger partial charge < -0.3 is 10.2 Å². The summed E-state index contributed by atoms with van der Waals surface area (Å²) in [6.45, 7) is 5.53. The number of sulfonamides is 1. The van der Waals surface area contributed by atoms with Gasteiger partial charge in [-0.1, -0.05) is 29.8 Å². The Hall–Kier alpha value is -2.52. The third-order valence-electron chi connectivity index (χ3n) is 6.15. The topological polar surface area (TPSA) is 95.5 Å². The van der Waals surface area contributed by atoms with Gasteiger partial charge in [0.1, 0.15) is 11.6 Å². The van der Waals surface area contributed by atoms with Crippen molar-refractivity contribution in [3.8, 4) is 0 Å². The zero-order valence-corrected chi connectivity index (χ0v) is 19.1. The molecule has 1 aromatic carbocycles. The fraction of sp³-hybridized carbons (Fsp3) is 0.500. The quantitative estimate of drug-likeness (QED) is 0.760. The van der Waals surface area contributed by atoms with Crippen LogP contribution in [-0.4, -0.2) is 60.2 Å². The van der Waals surface area contributed by atoms with Gasteiger partial charge >= 0.3 is 0 Å². The molecule has 0 aliphatic carbocycles. The number of nitrogens with one attached hydrogen (secondary N) is 1. The Bertz CT molecular complexity index is 1090. The summed E-state index contributed by atoms with van der Waals surface area (Å²) in [4.78, 5) is 23.0. The molecule has 2 aliphatic heterocycles. The van der Waals surface area contributed by atoms with Crippen LogP contribution >= 0.6 is 0 Å². The molecule has 2 aromatic rings. The number of nitrogens with zero attached hydrogens (tertiary/aromatic N) is 4. The first-order valence-corrected chi connectivity index (χ1v) is 12.2. The lowest BCUT2D eigenvalue weighted by molar-refractivity contribution is -0.127. The zero-order valence-electron chi connectivity index (χ0n) is 18.3. The van der Waals surface area contributed by atoms with Crippen LogP contribution in [0.1, 0.15) is 47.5 Å². The summed E-state index contributed by atoms with van der Waals surface area (Å²) in [6.07, 6.45) is 1.39. The third kappa shape index (κ3) is 4.57. The first-order valence-electron chi connectivity index (χ1n) is 10.6. The van der Waals surface area contributed by atoms with Crippen molar-refractivity contribution in [1.82, 2.24) is 19.2 Å². The first kappa shape index (κ1) is 21.7. The molecule has 31 heavy (non-hydrogen) atoms. The van der Waals surface area contributed by atoms with E-state index in [1.807, 2.05) is 43.1 Å². The molecule has 1 fully saturated rings. The number of hydrogen-bond acceptors (Lipinski definition) is 6. The van der Waals surface area contributed by atoms with Crippen molar-refractivity contribution in [3.05, 3.63) is 52.5 Å². The predicted molar refractivity (Wildman–Crippen MR) is 119 cm³/mol. The van der Waals surface area contributed by atoms with Gasteiger partial charge in [0.05, 0.1) is 18.0 Å². The van der Waals surface area contributed by atoms with E-state index >= 15 is 0 Å². The lowest BCUT2D eigenvalue weighted by Crippen LogP contribution is -2.38. The van der Waals surface area contributed by atoms with E-state index in [2.05, 4.69) is 5.32 Å². The highest BCUT2D eigenvalue weighted by atomic mass is 32.2. The molecule has 0 spiro atoms. The molecule has 1 aromatic heterocycles. The highest BCUT2D eigenvalue weighted by Crippen LogP contribution is 2.31. The number of fused-ring (bicyclic) bond motifs is 1. The monoisotopic (exact) mass is 443 g/mol. The highest BCUT2D eigenvalue weighted by molar-refractivity contribution is 7.88. The number of likely N-dealkylation sites (tertiary alicyclic amines) is 1. The maximum absolute atomic E-state index is 13.1. The minimum Gasteiger partial charge on any atom is -0.373 e. The summed E-state index contributed by atoms with van der Waals surface area (Å²) in [7, 11) is -1.64. The van der Waals surface area contributed by atoms with Gasteiger partial charge in [-0.25, -0.2) is 18.4 Å². The van der Waals surface area contributed by atoms with Gasteiger partial charge in [-0.3, -0.25) is 4.79 Å². The normalized spacial score (nSPS) is 19.3. The van der Waals surface area contributed by atoms with E-state index in [0.29, 0.717) is 31.9 Å². The summed E-state index contributed by atoms with van der Waals surface area (Å²) in [5, 5.41) is 3.15. The van der Waals surface area contributed by atoms with Crippen LogP contribution in [0.25, 0.3) is 0 Å². The molecule has 166 valence electrons. The van der Waals surface area contributed by atoms with Crippen LogP contribution in [0.5, 0.6) is 0 Å². The minimum absolute atomic E-state index is 0.0182. The first-order chi connectivity index (χ1) is 14.8. The Morgan fingerprint density at radius 1 is 1.19 bits per heavy atom. The number of carbonyl (C=O) groups excluding carboxylic acids is 1. The highest BCUT2D eigenvalue weighted by Gasteiger charge is 2.32. The number of rotatable bonds is 5. The van der Waals surface area contributed by atoms with Crippen LogP contribution < -0.4 is 5.32 Å². The van der Waals surface area contributed by atoms with Crippen LogP contribution in [0.3, 0.4) is 0 Å². The average Bonchev–Trinajstić information content (AvgIpc) is 3.25. The van der Waals surface area contributed by atoms with E-state index in [1.54, 1.807) is 6.92 Å². The van der Waals surface area contributed by atoms with Crippen molar-refractivity contribution < 1.29 is 13.2 Å². The SMILES string of the molecule is CNc1nc([C@H]2CCN(C(C)=O)C2)nc2c1CCN(S(=O)(=O)Cc1ccc(C)cc1)C2. The Morgan fingerprint density at radius 3 is 2.58 bits per heavy atom. The molecule has 1 amide bonds. The molecule has 1 N–H and O–H groups in total. The van der Waals surface area contributed by atoms with E-state index in [0.717, 1.165) is 34.6 Å². The van der Waals surface area contributed by atoms with E-state index in [4.69, 9.17) is 9.97 Å². The maximum atomic E-state index is 13.1. The molecule has 8 nitrogen and oxygen atoms in total. The molecule has 9 heteroatoms. The number of hydrogen-bond donors (Lipinski definition) is 1. The van der Waals surface area contributed by atoms with Crippen molar-refractivity contribution in [2.24, 2.45) is 0 Å². The van der Waals surface area contributed by atoms with Gasteiger partial charge in [0.2, 0.25) is 15.9 Å². The molecule has 2 aliphatic rings. The van der Waals surface area contributed by atoms with Crippen molar-refractivity contribution in [1.29, 1.82) is 0 Å². The number of amides is 1. The average molecular weight is 444 g/mol. The van der Waals surface area contributed by atoms with Crippen molar-refractivity contribution in [2.45, 2.75) is 44.9 Å². The van der Waals surface area contributed by atoms with Crippen molar-refractivity contribution >= 4 is 21.7 Å². The molecule has 0 unspecified atom stereocenters. The van der Waals surface area contributed by atoms with Crippen LogP contribution in [-0.2, 0) is 33.5 Å². The number of aryl methyl sites for hydroxylation is 1. The predicted octanol–water partition coefficient (Wildman–Crippen LogP) is 2.05. The van der Waals surface area contributed by atoms with E-state index in [9.17, 15) is 13.2 Å². The number of carbonyl (C=O) groups is 1. The van der Waals surface area contributed by atoms with E-state index < -0.39 is 10.0 Å². The molecule has 1 atom stereocenters. The standard InChI is InChI=1S/C22H29N5O3S/c1-15-4-6-17(7-5-15)14-31(29,30)27-11-9-19-20(13-27)24-21(25-22(19)23-3)18-8-10-26(12-18)16(2)28/h4-7,18H,8-14H2,1-3H3,(H,23,24,25)/t18-/m0/s1. The Labute approximate surface area is 183 Å². The smallest absolute Gasteiger partial charge is 0.219 e. The molecule has 4 rings (SSSR count). The molecule has 0 bridgehead atoms. The molecular formula is C22H29N5O3S. The third-order valence-corrected chi connectivity index (χ3v) is 7.94. The molecule has 0 radical (unpaired) electrons. The largest absolute Gasteiger partial charge is 0.373 e. The summed E-state index contributed by atoms with van der Waals surface area (Å²) in [6, 6.07) is 7.60. The van der Waals surface area contributed by atoms with Crippen molar-refractivity contribution in [3.63, 3.8) is 0 Å². The van der Waals surface area contributed by atoms with E-state index in [1.165, 1.54) is 4.31 Å². The molecule has 3 heterocycles. The van der Waals surface area contributed by atoms with Gasteiger partial charge in [0.25, 0.3) is 0 Å². The fourth-order valence-corrected chi connectivity index (χ4v) is 5.78. The second-order valence-corrected chi connectivity index (χ2v) is 10.4. The van der Waals surface area contributed by atoms with Gasteiger partial charge in [-0.15, -0.1) is 0 Å². The Morgan fingerprint density at radius 2 is 1.94 bits per heavy atom. The summed E-state index contributed by atoms with van der Waals surface area (Å²) < 4.78 is 27.7. The zero-order chi connectivity index (χ0) is 22.2. The van der Waals surface area contributed by atoms with Gasteiger partial charge in [0.15, 0.2) is 0 Å². The van der Waals surface area contributed by atoms with E-state index in [-0.39, 0.29) is 24.1 Å².